The highest BCUT2D eigenvalue weighted by molar-refractivity contribution is 7.60. The minimum atomic E-state index is 0.536. The average Bonchev–Trinajstić information content (AvgIpc) is 1.77. The molecule has 1 rings (SSSR count). The first kappa shape index (κ1) is 6.81. The lowest BCUT2D eigenvalue weighted by atomic mass is 10.00. The molecule has 0 heterocycles. The summed E-state index contributed by atoms with van der Waals surface area (Å²) in [5, 5.41) is 1.07. The molecule has 0 aromatic carbocycles. The predicted octanol–water partition coefficient (Wildman–Crippen LogP) is 1.39. The molecule has 0 spiro atoms. The van der Waals surface area contributed by atoms with Crippen LogP contribution in [0.3, 0.4) is 0 Å². The van der Waals surface area contributed by atoms with Crippen molar-refractivity contribution in [3.05, 3.63) is 0 Å². The van der Waals surface area contributed by atoms with Crippen LogP contribution in [0, 0.1) is 0 Å². The molecule has 1 aliphatic carbocycles. The van der Waals surface area contributed by atoms with Crippen molar-refractivity contribution in [1.29, 1.82) is 0 Å². The van der Waals surface area contributed by atoms with Gasteiger partial charge in [-0.25, -0.2) is 0 Å². The fourth-order valence-electron chi connectivity index (χ4n) is 1.03. The largest absolute Gasteiger partial charge is 0.789 e. The molecule has 0 nitrogen and oxygen atoms in total. The van der Waals surface area contributed by atoms with Gasteiger partial charge in [0.05, 0.1) is 0 Å². The standard InChI is InChI=1S/C6H12S2/c7-5-1-2-6(8)4-3-5/h5-8H,1-4H2/p-2. The van der Waals surface area contributed by atoms with E-state index in [4.69, 9.17) is 25.3 Å². The number of hydrogen-bond acceptors (Lipinski definition) is 2. The fourth-order valence-corrected chi connectivity index (χ4v) is 1.58. The molecule has 0 aromatic rings. The Kier molecular flexibility index (Phi) is 2.57. The summed E-state index contributed by atoms with van der Waals surface area (Å²) in [4.78, 5) is 0. The first-order valence-electron chi connectivity index (χ1n) is 3.10. The summed E-state index contributed by atoms with van der Waals surface area (Å²) in [6.07, 6.45) is 4.74. The van der Waals surface area contributed by atoms with E-state index in [1.807, 2.05) is 0 Å². The third kappa shape index (κ3) is 1.90. The van der Waals surface area contributed by atoms with Crippen LogP contribution in [0.25, 0.3) is 0 Å². The molecule has 0 saturated heterocycles. The average molecular weight is 146 g/mol. The Morgan fingerprint density at radius 2 is 1.00 bits per heavy atom. The van der Waals surface area contributed by atoms with Gasteiger partial charge >= 0.3 is 0 Å². The van der Waals surface area contributed by atoms with Gasteiger partial charge in [0.15, 0.2) is 0 Å². The highest BCUT2D eigenvalue weighted by Crippen LogP contribution is 2.19. The van der Waals surface area contributed by atoms with Crippen molar-refractivity contribution < 1.29 is 0 Å². The van der Waals surface area contributed by atoms with E-state index in [1.165, 1.54) is 25.7 Å². The van der Waals surface area contributed by atoms with E-state index >= 15 is 0 Å². The van der Waals surface area contributed by atoms with Crippen molar-refractivity contribution in [3.63, 3.8) is 0 Å². The molecule has 0 aliphatic heterocycles. The van der Waals surface area contributed by atoms with Crippen LogP contribution in [-0.2, 0) is 25.3 Å². The minimum Gasteiger partial charge on any atom is -0.789 e. The zero-order valence-electron chi connectivity index (χ0n) is 4.80. The second kappa shape index (κ2) is 3.02. The SMILES string of the molecule is [S-]C1CCC([S-])CC1. The van der Waals surface area contributed by atoms with E-state index in [1.54, 1.807) is 0 Å². The van der Waals surface area contributed by atoms with Crippen molar-refractivity contribution in [1.82, 2.24) is 0 Å². The molecule has 1 fully saturated rings. The molecule has 0 bridgehead atoms. The lowest BCUT2D eigenvalue weighted by Crippen LogP contribution is -2.18. The maximum absolute atomic E-state index is 5.10. The van der Waals surface area contributed by atoms with E-state index in [9.17, 15) is 0 Å². The lowest BCUT2D eigenvalue weighted by Gasteiger charge is -2.36. The van der Waals surface area contributed by atoms with Crippen LogP contribution in [0.1, 0.15) is 25.7 Å². The van der Waals surface area contributed by atoms with E-state index < -0.39 is 0 Å². The minimum absolute atomic E-state index is 0.536. The van der Waals surface area contributed by atoms with Crippen LogP contribution in [-0.4, -0.2) is 10.5 Å². The smallest absolute Gasteiger partial charge is 0.0741 e. The van der Waals surface area contributed by atoms with Gasteiger partial charge in [0.2, 0.25) is 0 Å². The van der Waals surface area contributed by atoms with Gasteiger partial charge in [-0.05, 0) is 0 Å². The van der Waals surface area contributed by atoms with Crippen molar-refractivity contribution in [3.8, 4) is 0 Å². The molecule has 1 aliphatic rings. The van der Waals surface area contributed by atoms with E-state index in [0.717, 1.165) is 0 Å². The fraction of sp³-hybridized carbons (Fsp3) is 1.00. The van der Waals surface area contributed by atoms with Crippen molar-refractivity contribution in [2.24, 2.45) is 0 Å². The number of rotatable bonds is 0. The van der Waals surface area contributed by atoms with E-state index in [0.29, 0.717) is 10.5 Å². The van der Waals surface area contributed by atoms with E-state index in [-0.39, 0.29) is 0 Å². The summed E-state index contributed by atoms with van der Waals surface area (Å²) >= 11 is 10.2. The third-order valence-electron chi connectivity index (χ3n) is 1.62. The molecule has 8 heavy (non-hydrogen) atoms. The Balaban J connectivity index is 2.19. The maximum atomic E-state index is 5.10. The molecule has 48 valence electrons. The zero-order chi connectivity index (χ0) is 5.98. The van der Waals surface area contributed by atoms with Crippen LogP contribution >= 0.6 is 0 Å². The Morgan fingerprint density at radius 3 is 1.25 bits per heavy atom. The van der Waals surface area contributed by atoms with Gasteiger partial charge in [-0.2, -0.15) is 10.5 Å². The maximum Gasteiger partial charge on any atom is -0.0741 e. The summed E-state index contributed by atoms with van der Waals surface area (Å²) in [5.74, 6) is 0. The summed E-state index contributed by atoms with van der Waals surface area (Å²) in [6.45, 7) is 0. The predicted molar refractivity (Wildman–Crippen MR) is 40.8 cm³/mol. The molecule has 0 radical (unpaired) electrons. The molecular weight excluding hydrogens is 136 g/mol. The van der Waals surface area contributed by atoms with Crippen LogP contribution in [0.4, 0.5) is 0 Å². The normalized spacial score (nSPS) is 39.8. The zero-order valence-corrected chi connectivity index (χ0v) is 6.43. The van der Waals surface area contributed by atoms with Crippen molar-refractivity contribution in [2.45, 2.75) is 36.2 Å². The molecule has 0 atom stereocenters. The van der Waals surface area contributed by atoms with Crippen LogP contribution in [0.2, 0.25) is 0 Å². The Hall–Kier alpha value is 0.700. The van der Waals surface area contributed by atoms with Gasteiger partial charge in [0.1, 0.15) is 0 Å². The van der Waals surface area contributed by atoms with Crippen LogP contribution in [0.5, 0.6) is 0 Å². The molecule has 2 heteroatoms. The molecular formula is C6H10S2-2. The Labute approximate surface area is 61.9 Å². The first-order valence-corrected chi connectivity index (χ1v) is 4.05. The highest BCUT2D eigenvalue weighted by Gasteiger charge is 2.02. The van der Waals surface area contributed by atoms with Gasteiger partial charge in [-0.1, -0.05) is 25.7 Å². The first-order chi connectivity index (χ1) is 3.79. The van der Waals surface area contributed by atoms with Crippen molar-refractivity contribution >= 4 is 25.3 Å². The monoisotopic (exact) mass is 146 g/mol. The number of hydrogen-bond donors (Lipinski definition) is 0. The molecule has 0 aromatic heterocycles. The Morgan fingerprint density at radius 1 is 0.750 bits per heavy atom. The Bertz CT molecular complexity index is 54.9. The quantitative estimate of drug-likeness (QED) is 0.474. The van der Waals surface area contributed by atoms with Gasteiger partial charge in [-0.15, -0.1) is 0 Å². The molecule has 0 N–H and O–H groups in total. The van der Waals surface area contributed by atoms with Gasteiger partial charge in [-0.3, -0.25) is 0 Å². The third-order valence-corrected chi connectivity index (χ3v) is 2.56. The van der Waals surface area contributed by atoms with Gasteiger partial charge in [0, 0.05) is 0 Å². The van der Waals surface area contributed by atoms with Crippen molar-refractivity contribution in [2.75, 3.05) is 0 Å². The lowest BCUT2D eigenvalue weighted by molar-refractivity contribution is 0.531. The van der Waals surface area contributed by atoms with Crippen LogP contribution in [0.15, 0.2) is 0 Å². The van der Waals surface area contributed by atoms with E-state index in [2.05, 4.69) is 0 Å². The molecule has 1 saturated carbocycles. The van der Waals surface area contributed by atoms with Gasteiger partial charge < -0.3 is 25.3 Å². The molecule has 0 amide bonds. The summed E-state index contributed by atoms with van der Waals surface area (Å²) < 4.78 is 0. The second-order valence-corrected chi connectivity index (χ2v) is 3.73. The molecule has 0 unspecified atom stereocenters. The van der Waals surface area contributed by atoms with Gasteiger partial charge in [0.25, 0.3) is 0 Å². The summed E-state index contributed by atoms with van der Waals surface area (Å²) in [6, 6.07) is 0. The highest BCUT2D eigenvalue weighted by atomic mass is 32.1. The van der Waals surface area contributed by atoms with Crippen LogP contribution < -0.4 is 0 Å². The summed E-state index contributed by atoms with van der Waals surface area (Å²) in [5.41, 5.74) is 0. The summed E-state index contributed by atoms with van der Waals surface area (Å²) in [7, 11) is 0. The second-order valence-electron chi connectivity index (χ2n) is 2.40. The topological polar surface area (TPSA) is 0 Å².